The van der Waals surface area contributed by atoms with Crippen LogP contribution in [0.2, 0.25) is 0 Å². The molecule has 1 atom stereocenters. The van der Waals surface area contributed by atoms with E-state index in [0.717, 1.165) is 13.1 Å². The number of hydrogen-bond acceptors (Lipinski definition) is 3. The predicted octanol–water partition coefficient (Wildman–Crippen LogP) is 0.933. The third kappa shape index (κ3) is 3.55. The molecule has 0 spiro atoms. The van der Waals surface area contributed by atoms with Gasteiger partial charge in [0, 0.05) is 19.6 Å². The maximum atomic E-state index is 11.9. The van der Waals surface area contributed by atoms with Crippen molar-refractivity contribution < 1.29 is 4.79 Å². The maximum Gasteiger partial charge on any atom is 0.225 e. The molecule has 2 N–H and O–H groups in total. The van der Waals surface area contributed by atoms with Gasteiger partial charge >= 0.3 is 0 Å². The number of hydrogen-bond donors (Lipinski definition) is 2. The highest BCUT2D eigenvalue weighted by Crippen LogP contribution is 2.18. The van der Waals surface area contributed by atoms with Gasteiger partial charge in [0.05, 0.1) is 12.0 Å². The maximum absolute atomic E-state index is 11.9. The molecule has 0 aromatic heterocycles. The number of nitrogens with one attached hydrogen (secondary N) is 2. The fourth-order valence-electron chi connectivity index (χ4n) is 2.20. The molecule has 1 heterocycles. The number of aryl methyl sites for hydroxylation is 1. The van der Waals surface area contributed by atoms with E-state index in [4.69, 9.17) is 0 Å². The quantitative estimate of drug-likeness (QED) is 0.829. The van der Waals surface area contributed by atoms with E-state index >= 15 is 0 Å². The zero-order chi connectivity index (χ0) is 13.8. The Morgan fingerprint density at radius 2 is 2.00 bits per heavy atom. The fourth-order valence-corrected chi connectivity index (χ4v) is 2.20. The largest absolute Gasteiger partial charge is 0.354 e. The van der Waals surface area contributed by atoms with E-state index in [9.17, 15) is 4.79 Å². The van der Waals surface area contributed by atoms with E-state index < -0.39 is 0 Å². The van der Waals surface area contributed by atoms with Crippen molar-refractivity contribution in [3.63, 3.8) is 0 Å². The lowest BCUT2D eigenvalue weighted by Gasteiger charge is -2.29. The first-order valence-corrected chi connectivity index (χ1v) is 6.79. The third-order valence-electron chi connectivity index (χ3n) is 3.71. The van der Waals surface area contributed by atoms with Gasteiger partial charge in [-0.1, -0.05) is 29.8 Å². The summed E-state index contributed by atoms with van der Waals surface area (Å²) in [4.78, 5) is 14.0. The number of likely N-dealkylation sites (N-methyl/N-ethyl adjacent to an activating group) is 1. The van der Waals surface area contributed by atoms with E-state index in [1.54, 1.807) is 0 Å². The topological polar surface area (TPSA) is 44.4 Å². The predicted molar refractivity (Wildman–Crippen MR) is 77.0 cm³/mol. The van der Waals surface area contributed by atoms with Gasteiger partial charge in [-0.25, -0.2) is 0 Å². The fraction of sp³-hybridized carbons (Fsp3) is 0.533. The zero-order valence-electron chi connectivity index (χ0n) is 11.9. The average molecular weight is 261 g/mol. The van der Waals surface area contributed by atoms with Crippen molar-refractivity contribution >= 4 is 5.91 Å². The third-order valence-corrected chi connectivity index (χ3v) is 3.71. The molecule has 0 saturated carbocycles. The summed E-state index contributed by atoms with van der Waals surface area (Å²) in [5.74, 6) is 0.318. The molecule has 4 heteroatoms. The second-order valence-electron chi connectivity index (χ2n) is 5.49. The molecular weight excluding hydrogens is 238 g/mol. The highest BCUT2D eigenvalue weighted by molar-refractivity contribution is 5.80. The zero-order valence-corrected chi connectivity index (χ0v) is 11.9. The lowest BCUT2D eigenvalue weighted by atomic mass is 10.0. The molecule has 1 unspecified atom stereocenters. The van der Waals surface area contributed by atoms with Crippen molar-refractivity contribution in [2.24, 2.45) is 5.92 Å². The Morgan fingerprint density at radius 1 is 1.37 bits per heavy atom. The smallest absolute Gasteiger partial charge is 0.225 e. The normalized spacial score (nSPS) is 17.1. The Kier molecular flexibility index (Phi) is 4.56. The van der Waals surface area contributed by atoms with Crippen LogP contribution in [0.1, 0.15) is 17.2 Å². The summed E-state index contributed by atoms with van der Waals surface area (Å²) in [5.41, 5.74) is 2.49. The number of nitrogens with zero attached hydrogens (tertiary/aromatic N) is 1. The van der Waals surface area contributed by atoms with Gasteiger partial charge in [0.1, 0.15) is 0 Å². The van der Waals surface area contributed by atoms with E-state index in [1.807, 2.05) is 14.1 Å². The number of benzene rings is 1. The van der Waals surface area contributed by atoms with Crippen molar-refractivity contribution in [1.82, 2.24) is 15.5 Å². The molecule has 1 amide bonds. The first-order chi connectivity index (χ1) is 9.08. The molecule has 19 heavy (non-hydrogen) atoms. The van der Waals surface area contributed by atoms with Gasteiger partial charge in [0.2, 0.25) is 5.91 Å². The van der Waals surface area contributed by atoms with Crippen molar-refractivity contribution in [1.29, 1.82) is 0 Å². The Morgan fingerprint density at radius 3 is 2.47 bits per heavy atom. The molecule has 0 aliphatic carbocycles. The monoisotopic (exact) mass is 261 g/mol. The first kappa shape index (κ1) is 14.0. The van der Waals surface area contributed by atoms with Gasteiger partial charge in [-0.3, -0.25) is 4.79 Å². The summed E-state index contributed by atoms with van der Waals surface area (Å²) in [7, 11) is 4.09. The van der Waals surface area contributed by atoms with Crippen molar-refractivity contribution in [2.45, 2.75) is 13.0 Å². The molecule has 0 bridgehead atoms. The molecule has 1 fully saturated rings. The van der Waals surface area contributed by atoms with Crippen molar-refractivity contribution in [3.05, 3.63) is 35.4 Å². The van der Waals surface area contributed by atoms with Crippen LogP contribution in [0, 0.1) is 12.8 Å². The molecule has 0 radical (unpaired) electrons. The van der Waals surface area contributed by atoms with Crippen LogP contribution in [-0.2, 0) is 4.79 Å². The van der Waals surface area contributed by atoms with Crippen LogP contribution in [0.3, 0.4) is 0 Å². The van der Waals surface area contributed by atoms with Gasteiger partial charge in [0.15, 0.2) is 0 Å². The lowest BCUT2D eigenvalue weighted by molar-refractivity contribution is -0.126. The van der Waals surface area contributed by atoms with E-state index in [-0.39, 0.29) is 17.9 Å². The standard InChI is InChI=1S/C15H23N3O/c1-11-4-6-12(7-5-11)14(18(2)3)10-17-15(19)13-8-16-9-13/h4-7,13-14,16H,8-10H2,1-3H3,(H,17,19). The molecule has 1 aliphatic rings. The second kappa shape index (κ2) is 6.17. The molecule has 1 aromatic carbocycles. The van der Waals surface area contributed by atoms with Gasteiger partial charge in [-0.15, -0.1) is 0 Å². The summed E-state index contributed by atoms with van der Waals surface area (Å²) < 4.78 is 0. The van der Waals surface area contributed by atoms with Gasteiger partial charge in [0.25, 0.3) is 0 Å². The minimum atomic E-state index is 0.154. The minimum absolute atomic E-state index is 0.154. The van der Waals surface area contributed by atoms with Crippen LogP contribution in [0.25, 0.3) is 0 Å². The average Bonchev–Trinajstić information content (AvgIpc) is 2.29. The summed E-state index contributed by atoms with van der Waals surface area (Å²) in [6.45, 7) is 4.36. The highest BCUT2D eigenvalue weighted by Gasteiger charge is 2.25. The first-order valence-electron chi connectivity index (χ1n) is 6.79. The van der Waals surface area contributed by atoms with Crippen LogP contribution >= 0.6 is 0 Å². The Balaban J connectivity index is 1.95. The summed E-state index contributed by atoms with van der Waals surface area (Å²) in [6.07, 6.45) is 0. The molecule has 104 valence electrons. The van der Waals surface area contributed by atoms with Crippen LogP contribution < -0.4 is 10.6 Å². The number of amides is 1. The SMILES string of the molecule is Cc1ccc(C(CNC(=O)C2CNC2)N(C)C)cc1. The van der Waals surface area contributed by atoms with Crippen LogP contribution in [-0.4, -0.2) is 44.5 Å². The van der Waals surface area contributed by atoms with Gasteiger partial charge < -0.3 is 15.5 Å². The summed E-state index contributed by atoms with van der Waals surface area (Å²) in [6, 6.07) is 8.72. The van der Waals surface area contributed by atoms with E-state index in [0.29, 0.717) is 6.54 Å². The van der Waals surface area contributed by atoms with Gasteiger partial charge in [-0.05, 0) is 26.6 Å². The van der Waals surface area contributed by atoms with Crippen LogP contribution in [0.4, 0.5) is 0 Å². The second-order valence-corrected chi connectivity index (χ2v) is 5.49. The molecule has 1 aromatic rings. The molecule has 2 rings (SSSR count). The number of rotatable bonds is 5. The highest BCUT2D eigenvalue weighted by atomic mass is 16.2. The molecule has 1 saturated heterocycles. The Bertz CT molecular complexity index is 424. The summed E-state index contributed by atoms with van der Waals surface area (Å²) >= 11 is 0. The summed E-state index contributed by atoms with van der Waals surface area (Å²) in [5, 5.41) is 6.18. The molecule has 1 aliphatic heterocycles. The molecule has 4 nitrogen and oxygen atoms in total. The Labute approximate surface area is 115 Å². The minimum Gasteiger partial charge on any atom is -0.354 e. The molecular formula is C15H23N3O. The Hall–Kier alpha value is -1.39. The lowest BCUT2D eigenvalue weighted by Crippen LogP contribution is -2.51. The number of carbonyl (C=O) groups is 1. The van der Waals surface area contributed by atoms with E-state index in [1.165, 1.54) is 11.1 Å². The van der Waals surface area contributed by atoms with Crippen LogP contribution in [0.5, 0.6) is 0 Å². The van der Waals surface area contributed by atoms with Crippen molar-refractivity contribution in [3.8, 4) is 0 Å². The van der Waals surface area contributed by atoms with Gasteiger partial charge in [-0.2, -0.15) is 0 Å². The van der Waals surface area contributed by atoms with Crippen LogP contribution in [0.15, 0.2) is 24.3 Å². The van der Waals surface area contributed by atoms with Crippen molar-refractivity contribution in [2.75, 3.05) is 33.7 Å². The number of carbonyl (C=O) groups excluding carboxylic acids is 1. The van der Waals surface area contributed by atoms with E-state index in [2.05, 4.69) is 46.7 Å².